The molecular weight excluding hydrogens is 941 g/mol. The fourth-order valence-corrected chi connectivity index (χ4v) is 12.0. The molecule has 78 heavy (non-hydrogen) atoms. The molecule has 12 aromatic carbocycles. The summed E-state index contributed by atoms with van der Waals surface area (Å²) in [6, 6.07) is 89.1. The van der Waals surface area contributed by atoms with Crippen LogP contribution in [0.2, 0.25) is 0 Å². The van der Waals surface area contributed by atoms with Crippen LogP contribution in [0.25, 0.3) is 104 Å². The summed E-state index contributed by atoms with van der Waals surface area (Å²) in [5, 5.41) is 10.00. The zero-order valence-corrected chi connectivity index (χ0v) is 46.4. The Hall–Kier alpha value is -8.72. The quantitative estimate of drug-likeness (QED) is 0.138. The molecule has 0 aliphatic rings. The standard InChI is InChI=1S/C76H66N2/c1-74(2,3)59-42-54(49-20-12-10-13-21-49)40-56(44-59)51-28-34-62(35-29-51)77(63-47-58(46-61(48-63)76(7,8)9)57-41-55(50-22-14-11-15-23-50)43-60(45-57)75(4,5)6)70-38-32-52-31-37-67-71(39-33-53-30-36-66(70)72(52)73(53)67)78-68-26-18-16-24-64(68)65-25-17-19-27-69(65)78/h10-48H,1-9H3. The monoisotopic (exact) mass is 1010 g/mol. The SMILES string of the molecule is CC(C)(C)c1cc(-c2ccccc2)cc(-c2ccc(N(c3cc(-c4cc(-c5ccccc5)cc(C(C)(C)C)c4)cc(C(C)(C)C)c3)c3ccc4ccc5c(-n6c7ccccc7c7ccccc76)ccc6ccc3c4c65)cc2)c1. The van der Waals surface area contributed by atoms with E-state index in [2.05, 4.69) is 308 Å². The fourth-order valence-electron chi connectivity index (χ4n) is 12.0. The van der Waals surface area contributed by atoms with Gasteiger partial charge in [0.15, 0.2) is 0 Å². The van der Waals surface area contributed by atoms with Gasteiger partial charge in [0.05, 0.1) is 22.4 Å². The van der Waals surface area contributed by atoms with Crippen LogP contribution in [0.3, 0.4) is 0 Å². The molecule has 2 heteroatoms. The van der Waals surface area contributed by atoms with E-state index >= 15 is 0 Å². The highest BCUT2D eigenvalue weighted by Crippen LogP contribution is 2.48. The molecule has 0 N–H and O–H groups in total. The summed E-state index contributed by atoms with van der Waals surface area (Å²) >= 11 is 0. The molecule has 0 fully saturated rings. The highest BCUT2D eigenvalue weighted by Gasteiger charge is 2.26. The molecule has 0 amide bonds. The van der Waals surface area contributed by atoms with Gasteiger partial charge in [-0.25, -0.2) is 0 Å². The van der Waals surface area contributed by atoms with Gasteiger partial charge in [0.25, 0.3) is 0 Å². The van der Waals surface area contributed by atoms with Crippen LogP contribution in [0.15, 0.2) is 237 Å². The normalized spacial score (nSPS) is 12.4. The van der Waals surface area contributed by atoms with E-state index in [1.165, 1.54) is 121 Å². The number of hydrogen-bond donors (Lipinski definition) is 0. The molecule has 0 atom stereocenters. The van der Waals surface area contributed by atoms with Gasteiger partial charge in [-0.2, -0.15) is 0 Å². The smallest absolute Gasteiger partial charge is 0.0541 e. The van der Waals surface area contributed by atoms with E-state index in [4.69, 9.17) is 0 Å². The van der Waals surface area contributed by atoms with Crippen LogP contribution in [0.5, 0.6) is 0 Å². The molecule has 2 nitrogen and oxygen atoms in total. The molecule has 0 saturated carbocycles. The fraction of sp³-hybridized carbons (Fsp3) is 0.158. The van der Waals surface area contributed by atoms with Crippen molar-refractivity contribution in [1.82, 2.24) is 4.57 Å². The van der Waals surface area contributed by atoms with Crippen molar-refractivity contribution < 1.29 is 0 Å². The van der Waals surface area contributed by atoms with Crippen molar-refractivity contribution in [3.8, 4) is 50.2 Å². The zero-order chi connectivity index (χ0) is 53.7. The summed E-state index contributed by atoms with van der Waals surface area (Å²) in [6.07, 6.45) is 0. The first-order valence-corrected chi connectivity index (χ1v) is 27.7. The van der Waals surface area contributed by atoms with Crippen molar-refractivity contribution in [2.75, 3.05) is 4.90 Å². The number of aromatic nitrogens is 1. The lowest BCUT2D eigenvalue weighted by molar-refractivity contribution is 0.589. The highest BCUT2D eigenvalue weighted by atomic mass is 15.1. The molecular formula is C76H66N2. The molecule has 0 spiro atoms. The molecule has 13 aromatic rings. The Balaban J connectivity index is 1.05. The maximum absolute atomic E-state index is 2.54. The largest absolute Gasteiger partial charge is 0.310 e. The van der Waals surface area contributed by atoms with E-state index in [1.807, 2.05) is 0 Å². The molecule has 0 radical (unpaired) electrons. The van der Waals surface area contributed by atoms with Gasteiger partial charge >= 0.3 is 0 Å². The Morgan fingerprint density at radius 2 is 0.679 bits per heavy atom. The minimum atomic E-state index is -0.148. The van der Waals surface area contributed by atoms with Gasteiger partial charge in [-0.3, -0.25) is 0 Å². The highest BCUT2D eigenvalue weighted by molar-refractivity contribution is 6.27. The van der Waals surface area contributed by atoms with E-state index in [1.54, 1.807) is 0 Å². The van der Waals surface area contributed by atoms with Gasteiger partial charge < -0.3 is 9.47 Å². The van der Waals surface area contributed by atoms with E-state index in [9.17, 15) is 0 Å². The van der Waals surface area contributed by atoms with E-state index in [-0.39, 0.29) is 16.2 Å². The van der Waals surface area contributed by atoms with E-state index < -0.39 is 0 Å². The second-order valence-electron chi connectivity index (χ2n) is 24.7. The predicted molar refractivity (Wildman–Crippen MR) is 337 cm³/mol. The molecule has 1 heterocycles. The third kappa shape index (κ3) is 8.61. The summed E-state index contributed by atoms with van der Waals surface area (Å²) in [7, 11) is 0. The summed E-state index contributed by atoms with van der Waals surface area (Å²) in [5.74, 6) is 0. The van der Waals surface area contributed by atoms with Crippen LogP contribution >= 0.6 is 0 Å². The summed E-state index contributed by atoms with van der Waals surface area (Å²) in [6.45, 7) is 20.9. The molecule has 380 valence electrons. The minimum absolute atomic E-state index is 0.0282. The van der Waals surface area contributed by atoms with Crippen molar-refractivity contribution in [2.45, 2.75) is 78.6 Å². The van der Waals surface area contributed by atoms with Crippen LogP contribution in [0.1, 0.15) is 79.0 Å². The maximum Gasteiger partial charge on any atom is 0.0541 e. The number of fused-ring (bicyclic) bond motifs is 3. The summed E-state index contributed by atoms with van der Waals surface area (Å²) < 4.78 is 2.47. The first-order valence-electron chi connectivity index (χ1n) is 27.7. The number of rotatable bonds is 8. The van der Waals surface area contributed by atoms with Crippen molar-refractivity contribution in [3.63, 3.8) is 0 Å². The van der Waals surface area contributed by atoms with Crippen LogP contribution in [-0.4, -0.2) is 4.57 Å². The third-order valence-corrected chi connectivity index (χ3v) is 16.3. The maximum atomic E-state index is 2.54. The topological polar surface area (TPSA) is 8.17 Å². The number of anilines is 3. The number of para-hydroxylation sites is 2. The van der Waals surface area contributed by atoms with Crippen molar-refractivity contribution in [1.29, 1.82) is 0 Å². The minimum Gasteiger partial charge on any atom is -0.310 e. The summed E-state index contributed by atoms with van der Waals surface area (Å²) in [5.41, 5.74) is 20.4. The average Bonchev–Trinajstić information content (AvgIpc) is 3.98. The molecule has 0 unspecified atom stereocenters. The van der Waals surface area contributed by atoms with Crippen LogP contribution < -0.4 is 4.90 Å². The van der Waals surface area contributed by atoms with Crippen LogP contribution in [0, 0.1) is 0 Å². The van der Waals surface area contributed by atoms with Crippen molar-refractivity contribution in [2.24, 2.45) is 0 Å². The van der Waals surface area contributed by atoms with Crippen LogP contribution in [0.4, 0.5) is 17.1 Å². The molecule has 13 rings (SSSR count). The van der Waals surface area contributed by atoms with Gasteiger partial charge in [0.2, 0.25) is 0 Å². The molecule has 0 saturated heterocycles. The number of benzene rings is 12. The number of hydrogen-bond acceptors (Lipinski definition) is 1. The molecule has 0 aliphatic carbocycles. The Morgan fingerprint density at radius 1 is 0.282 bits per heavy atom. The van der Waals surface area contributed by atoms with E-state index in [0.717, 1.165) is 17.1 Å². The summed E-state index contributed by atoms with van der Waals surface area (Å²) in [4.78, 5) is 2.54. The molecule has 0 aliphatic heterocycles. The lowest BCUT2D eigenvalue weighted by atomic mass is 9.81. The molecule has 0 bridgehead atoms. The lowest BCUT2D eigenvalue weighted by Gasteiger charge is -2.31. The predicted octanol–water partition coefficient (Wildman–Crippen LogP) is 21.7. The van der Waals surface area contributed by atoms with Gasteiger partial charge in [0, 0.05) is 32.9 Å². The van der Waals surface area contributed by atoms with E-state index in [0.29, 0.717) is 0 Å². The Morgan fingerprint density at radius 3 is 1.19 bits per heavy atom. The zero-order valence-electron chi connectivity index (χ0n) is 46.4. The molecule has 1 aromatic heterocycles. The Bertz CT molecular complexity index is 4350. The van der Waals surface area contributed by atoms with Crippen molar-refractivity contribution >= 4 is 71.2 Å². The average molecular weight is 1010 g/mol. The van der Waals surface area contributed by atoms with Gasteiger partial charge in [-0.05, 0) is 160 Å². The first-order chi connectivity index (χ1) is 37.5. The second kappa shape index (κ2) is 18.5. The Labute approximate surface area is 460 Å². The number of nitrogens with zero attached hydrogens (tertiary/aromatic N) is 2. The van der Waals surface area contributed by atoms with Crippen LogP contribution in [-0.2, 0) is 16.2 Å². The van der Waals surface area contributed by atoms with Gasteiger partial charge in [-0.1, -0.05) is 238 Å². The van der Waals surface area contributed by atoms with Gasteiger partial charge in [-0.15, -0.1) is 0 Å². The first kappa shape index (κ1) is 48.9. The van der Waals surface area contributed by atoms with Gasteiger partial charge in [0.1, 0.15) is 0 Å². The third-order valence-electron chi connectivity index (χ3n) is 16.3. The van der Waals surface area contributed by atoms with Crippen molar-refractivity contribution in [3.05, 3.63) is 253 Å². The Kier molecular flexibility index (Phi) is 11.6. The second-order valence-corrected chi connectivity index (χ2v) is 24.7. The lowest BCUT2D eigenvalue weighted by Crippen LogP contribution is -2.15.